The van der Waals surface area contributed by atoms with Gasteiger partial charge in [-0.2, -0.15) is 0 Å². The highest BCUT2D eigenvalue weighted by Crippen LogP contribution is 2.39. The Morgan fingerprint density at radius 3 is 2.31 bits per heavy atom. The van der Waals surface area contributed by atoms with Crippen molar-refractivity contribution in [1.29, 1.82) is 0 Å². The van der Waals surface area contributed by atoms with Crippen LogP contribution in [0.25, 0.3) is 0 Å². The van der Waals surface area contributed by atoms with Crippen LogP contribution in [0.15, 0.2) is 43.0 Å². The van der Waals surface area contributed by atoms with Gasteiger partial charge in [0.15, 0.2) is 0 Å². The Hall–Kier alpha value is -1.08. The molecule has 1 aromatic rings. The van der Waals surface area contributed by atoms with Crippen molar-refractivity contribution in [1.82, 2.24) is 0 Å². The molecule has 1 aromatic carbocycles. The van der Waals surface area contributed by atoms with E-state index in [2.05, 4.69) is 6.58 Å². The molecule has 2 rings (SSSR count). The molecule has 1 aliphatic rings. The van der Waals surface area contributed by atoms with Crippen molar-refractivity contribution in [3.05, 3.63) is 48.6 Å². The number of benzene rings is 1. The topological polar surface area (TPSA) is 20.2 Å². The highest BCUT2D eigenvalue weighted by atomic mass is 16.3. The number of aliphatic hydroxyl groups is 1. The van der Waals surface area contributed by atoms with E-state index >= 15 is 0 Å². The van der Waals surface area contributed by atoms with Gasteiger partial charge < -0.3 is 5.11 Å². The molecule has 1 atom stereocenters. The molecule has 0 radical (unpaired) electrons. The Bertz CT molecular complexity index is 338. The third kappa shape index (κ3) is 2.05. The van der Waals surface area contributed by atoms with Gasteiger partial charge in [-0.25, -0.2) is 0 Å². The van der Waals surface area contributed by atoms with Crippen molar-refractivity contribution in [2.24, 2.45) is 5.92 Å². The summed E-state index contributed by atoms with van der Waals surface area (Å²) < 4.78 is 0. The summed E-state index contributed by atoms with van der Waals surface area (Å²) in [5.41, 5.74) is 0.152. The zero-order valence-electron chi connectivity index (χ0n) is 9.73. The minimum Gasteiger partial charge on any atom is -0.381 e. The van der Waals surface area contributed by atoms with Gasteiger partial charge in [0.2, 0.25) is 0 Å². The van der Waals surface area contributed by atoms with E-state index in [-0.39, 0.29) is 0 Å². The van der Waals surface area contributed by atoms with Crippen LogP contribution >= 0.6 is 0 Å². The molecule has 0 saturated heterocycles. The summed E-state index contributed by atoms with van der Waals surface area (Å²) in [6.45, 7) is 3.83. The van der Waals surface area contributed by atoms with E-state index in [0.29, 0.717) is 5.92 Å². The van der Waals surface area contributed by atoms with Crippen LogP contribution in [0.5, 0.6) is 0 Å². The lowest BCUT2D eigenvalue weighted by Gasteiger charge is -2.36. The third-order valence-electron chi connectivity index (χ3n) is 3.77. The second-order valence-corrected chi connectivity index (χ2v) is 4.73. The van der Waals surface area contributed by atoms with Gasteiger partial charge in [-0.1, -0.05) is 62.2 Å². The molecule has 0 spiro atoms. The lowest BCUT2D eigenvalue weighted by Crippen LogP contribution is -2.34. The Morgan fingerprint density at radius 2 is 1.75 bits per heavy atom. The summed E-state index contributed by atoms with van der Waals surface area (Å²) in [6.07, 6.45) is 7.70. The lowest BCUT2D eigenvalue weighted by atomic mass is 9.73. The highest BCUT2D eigenvalue weighted by Gasteiger charge is 2.35. The molecule has 0 amide bonds. The van der Waals surface area contributed by atoms with Gasteiger partial charge in [0.25, 0.3) is 0 Å². The first-order valence-electron chi connectivity index (χ1n) is 6.19. The van der Waals surface area contributed by atoms with E-state index in [0.717, 1.165) is 18.4 Å². The fourth-order valence-electron chi connectivity index (χ4n) is 2.77. The van der Waals surface area contributed by atoms with E-state index in [9.17, 15) is 5.11 Å². The van der Waals surface area contributed by atoms with E-state index in [1.807, 2.05) is 30.3 Å². The molecule has 0 aliphatic heterocycles. The molecule has 0 aromatic heterocycles. The van der Waals surface area contributed by atoms with E-state index in [1.165, 1.54) is 19.3 Å². The fourth-order valence-corrected chi connectivity index (χ4v) is 2.77. The average Bonchev–Trinajstić information content (AvgIpc) is 2.40. The van der Waals surface area contributed by atoms with Gasteiger partial charge in [-0.15, -0.1) is 0 Å². The summed E-state index contributed by atoms with van der Waals surface area (Å²) in [4.78, 5) is 0. The van der Waals surface area contributed by atoms with Gasteiger partial charge in [0.1, 0.15) is 5.60 Å². The predicted octanol–water partition coefficient (Wildman–Crippen LogP) is 3.64. The number of rotatable bonds is 3. The number of hydrogen-bond acceptors (Lipinski definition) is 1. The molecule has 0 heterocycles. The SMILES string of the molecule is C=C[C@@](O)(c1ccccc1)C1CCCCC1. The Balaban J connectivity index is 2.27. The van der Waals surface area contributed by atoms with Crippen LogP contribution in [0.2, 0.25) is 0 Å². The maximum absolute atomic E-state index is 10.8. The van der Waals surface area contributed by atoms with E-state index in [4.69, 9.17) is 0 Å². The molecular formula is C15H20O. The summed E-state index contributed by atoms with van der Waals surface area (Å²) in [6, 6.07) is 9.93. The average molecular weight is 216 g/mol. The Kier molecular flexibility index (Phi) is 3.45. The summed E-state index contributed by atoms with van der Waals surface area (Å²) >= 11 is 0. The van der Waals surface area contributed by atoms with Gasteiger partial charge >= 0.3 is 0 Å². The first-order valence-corrected chi connectivity index (χ1v) is 6.19. The minimum atomic E-state index is -0.832. The van der Waals surface area contributed by atoms with Crippen LogP contribution in [-0.2, 0) is 5.60 Å². The Labute approximate surface area is 97.8 Å². The molecule has 0 unspecified atom stereocenters. The van der Waals surface area contributed by atoms with Crippen molar-refractivity contribution in [2.45, 2.75) is 37.7 Å². The van der Waals surface area contributed by atoms with Crippen LogP contribution in [0.3, 0.4) is 0 Å². The maximum atomic E-state index is 10.8. The summed E-state index contributed by atoms with van der Waals surface area (Å²) in [7, 11) is 0. The monoisotopic (exact) mass is 216 g/mol. The van der Waals surface area contributed by atoms with Gasteiger partial charge in [-0.05, 0) is 24.3 Å². The second kappa shape index (κ2) is 4.84. The van der Waals surface area contributed by atoms with Crippen LogP contribution in [0.4, 0.5) is 0 Å². The molecule has 86 valence electrons. The molecule has 1 fully saturated rings. The zero-order chi connectivity index (χ0) is 11.4. The summed E-state index contributed by atoms with van der Waals surface area (Å²) in [5.74, 6) is 0.334. The van der Waals surface area contributed by atoms with Crippen molar-refractivity contribution in [3.8, 4) is 0 Å². The van der Waals surface area contributed by atoms with Gasteiger partial charge in [0, 0.05) is 0 Å². The maximum Gasteiger partial charge on any atom is 0.110 e. The fraction of sp³-hybridized carbons (Fsp3) is 0.467. The lowest BCUT2D eigenvalue weighted by molar-refractivity contribution is 0.00692. The van der Waals surface area contributed by atoms with E-state index < -0.39 is 5.60 Å². The van der Waals surface area contributed by atoms with Gasteiger partial charge in [0.05, 0.1) is 0 Å². The molecule has 1 heteroatoms. The van der Waals surface area contributed by atoms with Crippen molar-refractivity contribution >= 4 is 0 Å². The molecule has 1 aliphatic carbocycles. The third-order valence-corrected chi connectivity index (χ3v) is 3.77. The highest BCUT2D eigenvalue weighted by molar-refractivity contribution is 5.27. The quantitative estimate of drug-likeness (QED) is 0.765. The standard InChI is InChI=1S/C15H20O/c1-2-15(16,13-9-5-3-6-10-13)14-11-7-4-8-12-14/h2-3,5-6,9-10,14,16H,1,4,7-8,11-12H2/t15-/m1/s1. The smallest absolute Gasteiger partial charge is 0.110 e. The first kappa shape index (κ1) is 11.4. The molecule has 1 saturated carbocycles. The number of hydrogen-bond donors (Lipinski definition) is 1. The minimum absolute atomic E-state index is 0.334. The Morgan fingerprint density at radius 1 is 1.12 bits per heavy atom. The molecule has 0 bridgehead atoms. The molecular weight excluding hydrogens is 196 g/mol. The molecule has 1 nitrogen and oxygen atoms in total. The molecule has 1 N–H and O–H groups in total. The van der Waals surface area contributed by atoms with Crippen LogP contribution in [0, 0.1) is 5.92 Å². The first-order chi connectivity index (χ1) is 7.77. The van der Waals surface area contributed by atoms with Crippen molar-refractivity contribution < 1.29 is 5.11 Å². The molecule has 16 heavy (non-hydrogen) atoms. The van der Waals surface area contributed by atoms with Crippen LogP contribution in [0.1, 0.15) is 37.7 Å². The zero-order valence-corrected chi connectivity index (χ0v) is 9.73. The van der Waals surface area contributed by atoms with Crippen molar-refractivity contribution in [3.63, 3.8) is 0 Å². The van der Waals surface area contributed by atoms with Crippen molar-refractivity contribution in [2.75, 3.05) is 0 Å². The normalized spacial score (nSPS) is 21.3. The largest absolute Gasteiger partial charge is 0.381 e. The van der Waals surface area contributed by atoms with E-state index in [1.54, 1.807) is 6.08 Å². The second-order valence-electron chi connectivity index (χ2n) is 4.73. The van der Waals surface area contributed by atoms with Gasteiger partial charge in [-0.3, -0.25) is 0 Å². The predicted molar refractivity (Wildman–Crippen MR) is 67.1 cm³/mol. The summed E-state index contributed by atoms with van der Waals surface area (Å²) in [5, 5.41) is 10.8. The van der Waals surface area contributed by atoms with Crippen LogP contribution < -0.4 is 0 Å². The van der Waals surface area contributed by atoms with Crippen LogP contribution in [-0.4, -0.2) is 5.11 Å².